The molecule has 1 amide bonds. The minimum absolute atomic E-state index is 0.0126. The van der Waals surface area contributed by atoms with E-state index in [2.05, 4.69) is 42.2 Å². The third kappa shape index (κ3) is 3.35. The number of hydrogen-bond donors (Lipinski definition) is 1. The molecule has 1 fully saturated rings. The van der Waals surface area contributed by atoms with E-state index in [1.54, 1.807) is 10.9 Å². The topological polar surface area (TPSA) is 59.8 Å². The van der Waals surface area contributed by atoms with Gasteiger partial charge >= 0.3 is 0 Å². The molecule has 0 spiro atoms. The summed E-state index contributed by atoms with van der Waals surface area (Å²) in [6.45, 7) is 8.93. The van der Waals surface area contributed by atoms with Crippen LogP contribution < -0.4 is 5.32 Å². The smallest absolute Gasteiger partial charge is 0.270 e. The van der Waals surface area contributed by atoms with Gasteiger partial charge in [0, 0.05) is 12.7 Å². The van der Waals surface area contributed by atoms with Gasteiger partial charge in [-0.1, -0.05) is 19.9 Å². The molecule has 1 aliphatic rings. The number of aryl methyl sites for hydroxylation is 2. The van der Waals surface area contributed by atoms with Gasteiger partial charge in [0.15, 0.2) is 0 Å². The van der Waals surface area contributed by atoms with Crippen LogP contribution in [0.4, 0.5) is 0 Å². The highest BCUT2D eigenvalue weighted by Gasteiger charge is 2.35. The van der Waals surface area contributed by atoms with Crippen molar-refractivity contribution >= 4 is 5.91 Å². The van der Waals surface area contributed by atoms with Gasteiger partial charge in [-0.25, -0.2) is 0 Å². The number of nitrogens with one attached hydrogen (secondary N) is 1. The van der Waals surface area contributed by atoms with Gasteiger partial charge in [0.25, 0.3) is 5.91 Å². The fourth-order valence-corrected chi connectivity index (χ4v) is 3.02. The lowest BCUT2D eigenvalue weighted by atomic mass is 10.0. The Morgan fingerprint density at radius 1 is 1.42 bits per heavy atom. The fraction of sp³-hybridized carbons (Fsp3) is 0.526. The number of hydrogen-bond acceptors (Lipinski definition) is 3. The number of nitrogens with zero attached hydrogens (tertiary/aromatic N) is 3. The number of carbonyl (C=O) groups excluding carboxylic acids is 1. The van der Waals surface area contributed by atoms with E-state index in [4.69, 9.17) is 0 Å². The summed E-state index contributed by atoms with van der Waals surface area (Å²) in [6.07, 6.45) is 4.09. The van der Waals surface area contributed by atoms with E-state index in [0.717, 1.165) is 29.8 Å². The molecule has 0 aromatic carbocycles. The van der Waals surface area contributed by atoms with Crippen molar-refractivity contribution in [3.05, 3.63) is 47.0 Å². The Hall–Kier alpha value is -2.17. The molecule has 0 aliphatic heterocycles. The summed E-state index contributed by atoms with van der Waals surface area (Å²) in [7, 11) is 0. The minimum atomic E-state index is -0.0572. The Morgan fingerprint density at radius 2 is 2.17 bits per heavy atom. The first kappa shape index (κ1) is 16.7. The van der Waals surface area contributed by atoms with E-state index >= 15 is 0 Å². The first-order chi connectivity index (χ1) is 11.5. The van der Waals surface area contributed by atoms with E-state index in [9.17, 15) is 4.79 Å². The molecule has 3 rings (SSSR count). The third-order valence-corrected chi connectivity index (χ3v) is 4.65. The van der Waals surface area contributed by atoms with E-state index in [0.29, 0.717) is 24.1 Å². The summed E-state index contributed by atoms with van der Waals surface area (Å²) >= 11 is 0. The largest absolute Gasteiger partial charge is 0.342 e. The first-order valence-corrected chi connectivity index (χ1v) is 8.81. The van der Waals surface area contributed by atoms with Crippen molar-refractivity contribution in [2.24, 2.45) is 5.92 Å². The molecule has 1 aliphatic carbocycles. The average Bonchev–Trinajstić information content (AvgIpc) is 3.30. The van der Waals surface area contributed by atoms with Crippen LogP contribution in [0, 0.1) is 12.8 Å². The summed E-state index contributed by atoms with van der Waals surface area (Å²) < 4.78 is 1.79. The SMILES string of the molecule is CCn1nc(C(C)C)cc1C(=O)NC(c1ncccc1C)C1CC1. The van der Waals surface area contributed by atoms with Crippen molar-refractivity contribution in [2.75, 3.05) is 0 Å². The zero-order valence-corrected chi connectivity index (χ0v) is 14.9. The van der Waals surface area contributed by atoms with Crippen molar-refractivity contribution in [2.45, 2.75) is 59.0 Å². The summed E-state index contributed by atoms with van der Waals surface area (Å²) in [4.78, 5) is 17.4. The van der Waals surface area contributed by atoms with Crippen molar-refractivity contribution in [3.8, 4) is 0 Å². The summed E-state index contributed by atoms with van der Waals surface area (Å²) in [5.74, 6) is 0.741. The van der Waals surface area contributed by atoms with Crippen LogP contribution in [-0.4, -0.2) is 20.7 Å². The molecule has 1 N–H and O–H groups in total. The summed E-state index contributed by atoms with van der Waals surface area (Å²) in [5, 5.41) is 7.76. The Balaban J connectivity index is 1.86. The average molecular weight is 326 g/mol. The van der Waals surface area contributed by atoms with Crippen molar-refractivity contribution in [3.63, 3.8) is 0 Å². The number of carbonyl (C=O) groups is 1. The van der Waals surface area contributed by atoms with Crippen LogP contribution in [0.1, 0.15) is 73.0 Å². The second-order valence-corrected chi connectivity index (χ2v) is 6.92. The predicted octanol–water partition coefficient (Wildman–Crippen LogP) is 3.61. The lowest BCUT2D eigenvalue weighted by Gasteiger charge is -2.19. The van der Waals surface area contributed by atoms with Crippen LogP contribution in [0.15, 0.2) is 24.4 Å². The zero-order chi connectivity index (χ0) is 17.3. The van der Waals surface area contributed by atoms with Crippen LogP contribution in [0.25, 0.3) is 0 Å². The van der Waals surface area contributed by atoms with Gasteiger partial charge < -0.3 is 5.32 Å². The predicted molar refractivity (Wildman–Crippen MR) is 93.9 cm³/mol. The number of pyridine rings is 1. The Labute approximate surface area is 143 Å². The second kappa shape index (κ2) is 6.75. The molecule has 5 heteroatoms. The van der Waals surface area contributed by atoms with Crippen molar-refractivity contribution < 1.29 is 4.79 Å². The molecule has 1 unspecified atom stereocenters. The highest BCUT2D eigenvalue weighted by Crippen LogP contribution is 2.41. The molecule has 24 heavy (non-hydrogen) atoms. The maximum atomic E-state index is 12.9. The zero-order valence-electron chi connectivity index (χ0n) is 14.9. The highest BCUT2D eigenvalue weighted by atomic mass is 16.2. The van der Waals surface area contributed by atoms with E-state index in [1.807, 2.05) is 19.1 Å². The van der Waals surface area contributed by atoms with Gasteiger partial charge in [0.05, 0.1) is 17.4 Å². The number of amides is 1. The van der Waals surface area contributed by atoms with Crippen LogP contribution in [0.3, 0.4) is 0 Å². The molecular formula is C19H26N4O. The van der Waals surface area contributed by atoms with Crippen LogP contribution in [-0.2, 0) is 6.54 Å². The van der Waals surface area contributed by atoms with Crippen LogP contribution >= 0.6 is 0 Å². The summed E-state index contributed by atoms with van der Waals surface area (Å²) in [5.41, 5.74) is 3.71. The Morgan fingerprint density at radius 3 is 2.75 bits per heavy atom. The molecule has 0 saturated heterocycles. The summed E-state index contributed by atoms with van der Waals surface area (Å²) in [6, 6.07) is 5.89. The van der Waals surface area contributed by atoms with Gasteiger partial charge in [0.1, 0.15) is 5.69 Å². The first-order valence-electron chi connectivity index (χ1n) is 8.81. The fourth-order valence-electron chi connectivity index (χ4n) is 3.02. The van der Waals surface area contributed by atoms with E-state index in [1.165, 1.54) is 0 Å². The van der Waals surface area contributed by atoms with Gasteiger partial charge in [-0.15, -0.1) is 0 Å². The van der Waals surface area contributed by atoms with Gasteiger partial charge in [-0.2, -0.15) is 5.10 Å². The molecule has 0 radical (unpaired) electrons. The lowest BCUT2D eigenvalue weighted by molar-refractivity contribution is 0.0919. The molecule has 2 aromatic heterocycles. The molecular weight excluding hydrogens is 300 g/mol. The maximum absolute atomic E-state index is 12.9. The maximum Gasteiger partial charge on any atom is 0.270 e. The Kier molecular flexibility index (Phi) is 4.69. The molecule has 1 atom stereocenters. The van der Waals surface area contributed by atoms with Crippen LogP contribution in [0.5, 0.6) is 0 Å². The van der Waals surface area contributed by atoms with Crippen LogP contribution in [0.2, 0.25) is 0 Å². The normalized spacial score (nSPS) is 15.5. The second-order valence-electron chi connectivity index (χ2n) is 6.92. The number of rotatable bonds is 6. The highest BCUT2D eigenvalue weighted by molar-refractivity contribution is 5.93. The minimum Gasteiger partial charge on any atom is -0.342 e. The molecule has 1 saturated carbocycles. The third-order valence-electron chi connectivity index (χ3n) is 4.65. The van der Waals surface area contributed by atoms with E-state index < -0.39 is 0 Å². The van der Waals surface area contributed by atoms with Gasteiger partial charge in [-0.3, -0.25) is 14.5 Å². The monoisotopic (exact) mass is 326 g/mol. The quantitative estimate of drug-likeness (QED) is 0.882. The molecule has 2 aromatic rings. The van der Waals surface area contributed by atoms with E-state index in [-0.39, 0.29) is 11.9 Å². The number of aromatic nitrogens is 3. The van der Waals surface area contributed by atoms with Crippen molar-refractivity contribution in [1.82, 2.24) is 20.1 Å². The molecule has 2 heterocycles. The Bertz CT molecular complexity index is 731. The lowest BCUT2D eigenvalue weighted by Crippen LogP contribution is -2.32. The van der Waals surface area contributed by atoms with Gasteiger partial charge in [-0.05, 0) is 56.2 Å². The molecule has 128 valence electrons. The van der Waals surface area contributed by atoms with Crippen molar-refractivity contribution in [1.29, 1.82) is 0 Å². The molecule has 0 bridgehead atoms. The standard InChI is InChI=1S/C19H26N4O/c1-5-23-16(11-15(22-23)12(2)3)19(24)21-18(14-8-9-14)17-13(4)7-6-10-20-17/h6-7,10-12,14,18H,5,8-9H2,1-4H3,(H,21,24). The molecule has 5 nitrogen and oxygen atoms in total. The van der Waals surface area contributed by atoms with Gasteiger partial charge in [0.2, 0.25) is 0 Å².